The molecule has 0 atom stereocenters. The summed E-state index contributed by atoms with van der Waals surface area (Å²) in [6.07, 6.45) is 1.74. The molecule has 0 aliphatic carbocycles. The molecule has 1 aliphatic rings. The Kier molecular flexibility index (Phi) is 5.00. The summed E-state index contributed by atoms with van der Waals surface area (Å²) < 4.78 is 11.6. The van der Waals surface area contributed by atoms with Crippen molar-refractivity contribution in [2.45, 2.75) is 13.8 Å². The van der Waals surface area contributed by atoms with Gasteiger partial charge in [-0.25, -0.2) is 0 Å². The summed E-state index contributed by atoms with van der Waals surface area (Å²) >= 11 is 0. The van der Waals surface area contributed by atoms with Gasteiger partial charge in [-0.2, -0.15) is 0 Å². The average Bonchev–Trinajstić information content (AvgIpc) is 3.04. The zero-order chi connectivity index (χ0) is 20.4. The standard InChI is InChI=1S/C25H20O4/c1-16-7-6-8-18(13-16)14-23-24(27)20-11-12-22(17(2)25(20)29-23)28-15-21(26)19-9-4-3-5-10-19/h3-14H,15H2,1-2H3/b23-14-. The van der Waals surface area contributed by atoms with Gasteiger partial charge in [0.2, 0.25) is 5.78 Å². The highest BCUT2D eigenvalue weighted by atomic mass is 16.5. The fraction of sp³-hybridized carbons (Fsp3) is 0.120. The Labute approximate surface area is 169 Å². The molecule has 4 nitrogen and oxygen atoms in total. The molecule has 0 unspecified atom stereocenters. The Morgan fingerprint density at radius 3 is 2.55 bits per heavy atom. The molecule has 0 amide bonds. The van der Waals surface area contributed by atoms with Gasteiger partial charge in [0.25, 0.3) is 0 Å². The Balaban J connectivity index is 1.54. The number of allylic oxidation sites excluding steroid dienone is 1. The molecule has 29 heavy (non-hydrogen) atoms. The van der Waals surface area contributed by atoms with E-state index in [2.05, 4.69) is 0 Å². The lowest BCUT2D eigenvalue weighted by molar-refractivity contribution is 0.0920. The van der Waals surface area contributed by atoms with Crippen LogP contribution in [0, 0.1) is 13.8 Å². The van der Waals surface area contributed by atoms with E-state index in [0.717, 1.165) is 11.1 Å². The highest BCUT2D eigenvalue weighted by molar-refractivity contribution is 6.15. The predicted octanol–water partition coefficient (Wildman–Crippen LogP) is 5.18. The van der Waals surface area contributed by atoms with E-state index in [1.165, 1.54) is 0 Å². The van der Waals surface area contributed by atoms with Gasteiger partial charge in [0.1, 0.15) is 11.5 Å². The highest BCUT2D eigenvalue weighted by Gasteiger charge is 2.30. The van der Waals surface area contributed by atoms with E-state index in [-0.39, 0.29) is 23.9 Å². The molecule has 1 aliphatic heterocycles. The van der Waals surface area contributed by atoms with Crippen LogP contribution in [0.4, 0.5) is 0 Å². The number of ketones is 2. The summed E-state index contributed by atoms with van der Waals surface area (Å²) in [6.45, 7) is 3.74. The zero-order valence-electron chi connectivity index (χ0n) is 16.3. The summed E-state index contributed by atoms with van der Waals surface area (Å²) in [5.74, 6) is 1.03. The van der Waals surface area contributed by atoms with Crippen molar-refractivity contribution in [3.8, 4) is 11.5 Å². The molecule has 0 bridgehead atoms. The monoisotopic (exact) mass is 384 g/mol. The lowest BCUT2D eigenvalue weighted by Gasteiger charge is -2.11. The summed E-state index contributed by atoms with van der Waals surface area (Å²) in [5.41, 5.74) is 3.81. The van der Waals surface area contributed by atoms with Crippen molar-refractivity contribution in [2.24, 2.45) is 0 Å². The van der Waals surface area contributed by atoms with Crippen LogP contribution >= 0.6 is 0 Å². The summed E-state index contributed by atoms with van der Waals surface area (Å²) in [6, 6.07) is 20.3. The molecule has 3 aromatic rings. The van der Waals surface area contributed by atoms with E-state index >= 15 is 0 Å². The third-order valence-electron chi connectivity index (χ3n) is 4.83. The van der Waals surface area contributed by atoms with Crippen molar-refractivity contribution >= 4 is 17.6 Å². The first-order valence-corrected chi connectivity index (χ1v) is 9.38. The molecule has 4 heteroatoms. The Bertz CT molecular complexity index is 1130. The minimum Gasteiger partial charge on any atom is -0.485 e. The van der Waals surface area contributed by atoms with Crippen molar-refractivity contribution in [2.75, 3.05) is 6.61 Å². The fourth-order valence-electron chi connectivity index (χ4n) is 3.29. The molecule has 0 saturated heterocycles. The van der Waals surface area contributed by atoms with Gasteiger partial charge in [-0.3, -0.25) is 9.59 Å². The number of aryl methyl sites for hydroxylation is 1. The Morgan fingerprint density at radius 2 is 1.79 bits per heavy atom. The number of benzene rings is 3. The van der Waals surface area contributed by atoms with E-state index in [9.17, 15) is 9.59 Å². The van der Waals surface area contributed by atoms with Gasteiger partial charge in [0, 0.05) is 11.1 Å². The summed E-state index contributed by atoms with van der Waals surface area (Å²) in [7, 11) is 0. The third kappa shape index (κ3) is 3.83. The topological polar surface area (TPSA) is 52.6 Å². The number of rotatable bonds is 5. The van der Waals surface area contributed by atoms with Gasteiger partial charge in [-0.05, 0) is 37.6 Å². The molecule has 144 valence electrons. The van der Waals surface area contributed by atoms with Crippen LogP contribution in [0.3, 0.4) is 0 Å². The van der Waals surface area contributed by atoms with Crippen LogP contribution in [-0.2, 0) is 0 Å². The normalized spacial score (nSPS) is 13.9. The smallest absolute Gasteiger partial charge is 0.231 e. The van der Waals surface area contributed by atoms with Crippen LogP contribution in [0.25, 0.3) is 6.08 Å². The second-order valence-electron chi connectivity index (χ2n) is 7.00. The van der Waals surface area contributed by atoms with Crippen LogP contribution < -0.4 is 9.47 Å². The summed E-state index contributed by atoms with van der Waals surface area (Å²) in [5, 5.41) is 0. The number of fused-ring (bicyclic) bond motifs is 1. The maximum absolute atomic E-state index is 12.7. The molecule has 3 aromatic carbocycles. The van der Waals surface area contributed by atoms with E-state index in [1.54, 1.807) is 30.3 Å². The number of carbonyl (C=O) groups is 2. The fourth-order valence-corrected chi connectivity index (χ4v) is 3.29. The van der Waals surface area contributed by atoms with Gasteiger partial charge in [-0.1, -0.05) is 60.2 Å². The minimum absolute atomic E-state index is 0.0798. The van der Waals surface area contributed by atoms with Gasteiger partial charge < -0.3 is 9.47 Å². The van der Waals surface area contributed by atoms with Crippen molar-refractivity contribution in [1.29, 1.82) is 0 Å². The first kappa shape index (κ1) is 18.7. The van der Waals surface area contributed by atoms with Gasteiger partial charge in [0.15, 0.2) is 18.1 Å². The molecule has 0 saturated carbocycles. The second-order valence-corrected chi connectivity index (χ2v) is 7.00. The Morgan fingerprint density at radius 1 is 1.00 bits per heavy atom. The van der Waals surface area contributed by atoms with Gasteiger partial charge in [0.05, 0.1) is 5.56 Å². The maximum Gasteiger partial charge on any atom is 0.231 e. The number of hydrogen-bond acceptors (Lipinski definition) is 4. The molecule has 1 heterocycles. The number of carbonyl (C=O) groups excluding carboxylic acids is 2. The van der Waals surface area contributed by atoms with Crippen LogP contribution in [0.5, 0.6) is 11.5 Å². The third-order valence-corrected chi connectivity index (χ3v) is 4.83. The largest absolute Gasteiger partial charge is 0.485 e. The van der Waals surface area contributed by atoms with Crippen molar-refractivity contribution in [1.82, 2.24) is 0 Å². The van der Waals surface area contributed by atoms with Crippen molar-refractivity contribution < 1.29 is 19.1 Å². The maximum atomic E-state index is 12.7. The summed E-state index contributed by atoms with van der Waals surface area (Å²) in [4.78, 5) is 25.0. The van der Waals surface area contributed by atoms with Gasteiger partial charge >= 0.3 is 0 Å². The second kappa shape index (κ2) is 7.76. The van der Waals surface area contributed by atoms with E-state index < -0.39 is 0 Å². The van der Waals surface area contributed by atoms with Crippen LogP contribution in [-0.4, -0.2) is 18.2 Å². The number of Topliss-reactive ketones (excluding diaryl/α,β-unsaturated/α-hetero) is 2. The van der Waals surface area contributed by atoms with Crippen LogP contribution in [0.1, 0.15) is 37.4 Å². The SMILES string of the molecule is Cc1cccc(/C=C2\Oc3c(ccc(OCC(=O)c4ccccc4)c3C)C2=O)c1. The predicted molar refractivity (Wildman–Crippen MR) is 112 cm³/mol. The molecular weight excluding hydrogens is 364 g/mol. The van der Waals surface area contributed by atoms with E-state index in [0.29, 0.717) is 28.2 Å². The lowest BCUT2D eigenvalue weighted by atomic mass is 10.1. The highest BCUT2D eigenvalue weighted by Crippen LogP contribution is 2.39. The number of ether oxygens (including phenoxy) is 2. The van der Waals surface area contributed by atoms with Crippen molar-refractivity contribution in [3.63, 3.8) is 0 Å². The average molecular weight is 384 g/mol. The van der Waals surface area contributed by atoms with E-state index in [4.69, 9.17) is 9.47 Å². The minimum atomic E-state index is -0.156. The van der Waals surface area contributed by atoms with Crippen molar-refractivity contribution in [3.05, 3.63) is 100 Å². The van der Waals surface area contributed by atoms with Gasteiger partial charge in [-0.15, -0.1) is 0 Å². The zero-order valence-corrected chi connectivity index (χ0v) is 16.3. The van der Waals surface area contributed by atoms with Crippen LogP contribution in [0.15, 0.2) is 72.5 Å². The molecule has 0 fully saturated rings. The Hall–Kier alpha value is -3.66. The van der Waals surface area contributed by atoms with E-state index in [1.807, 2.05) is 56.3 Å². The quantitative estimate of drug-likeness (QED) is 0.449. The molecule has 4 rings (SSSR count). The first-order chi connectivity index (χ1) is 14.0. The number of hydrogen-bond donors (Lipinski definition) is 0. The molecular formula is C25H20O4. The lowest BCUT2D eigenvalue weighted by Crippen LogP contribution is -2.12. The molecule has 0 spiro atoms. The molecule has 0 N–H and O–H groups in total. The first-order valence-electron chi connectivity index (χ1n) is 9.38. The molecule has 0 aromatic heterocycles. The molecule has 0 radical (unpaired) electrons. The van der Waals surface area contributed by atoms with Crippen LogP contribution in [0.2, 0.25) is 0 Å².